The van der Waals surface area contributed by atoms with Crippen LogP contribution in [0.15, 0.2) is 12.7 Å². The van der Waals surface area contributed by atoms with Gasteiger partial charge in [0.1, 0.15) is 0 Å². The van der Waals surface area contributed by atoms with E-state index in [4.69, 9.17) is 0 Å². The molecule has 2 rings (SSSR count). The van der Waals surface area contributed by atoms with Gasteiger partial charge in [0.05, 0.1) is 0 Å². The standard InChI is InChI=1S/C17H31N/c1-3-4-5-14-6-8-15(9-7-14)16-10-12-17(18-2)13-11-16/h3,14-18H,1,4-13H2,2H3. The molecule has 0 spiro atoms. The van der Waals surface area contributed by atoms with Crippen LogP contribution in [0.25, 0.3) is 0 Å². The molecule has 104 valence electrons. The van der Waals surface area contributed by atoms with Crippen molar-refractivity contribution in [3.8, 4) is 0 Å². The molecule has 0 amide bonds. The van der Waals surface area contributed by atoms with Gasteiger partial charge in [0, 0.05) is 6.04 Å². The Morgan fingerprint density at radius 1 is 0.944 bits per heavy atom. The molecule has 0 atom stereocenters. The molecule has 0 aromatic heterocycles. The number of allylic oxidation sites excluding steroid dienone is 1. The molecule has 0 unspecified atom stereocenters. The third kappa shape index (κ3) is 3.85. The van der Waals surface area contributed by atoms with Gasteiger partial charge in [0.2, 0.25) is 0 Å². The zero-order chi connectivity index (χ0) is 12.8. The van der Waals surface area contributed by atoms with Gasteiger partial charge < -0.3 is 5.32 Å². The lowest BCUT2D eigenvalue weighted by atomic mass is 9.69. The molecule has 0 radical (unpaired) electrons. The van der Waals surface area contributed by atoms with Gasteiger partial charge in [-0.3, -0.25) is 0 Å². The van der Waals surface area contributed by atoms with Crippen molar-refractivity contribution in [2.45, 2.75) is 70.3 Å². The van der Waals surface area contributed by atoms with Crippen LogP contribution in [0.1, 0.15) is 64.2 Å². The van der Waals surface area contributed by atoms with Crippen molar-refractivity contribution in [1.29, 1.82) is 0 Å². The molecule has 0 aromatic carbocycles. The number of hydrogen-bond donors (Lipinski definition) is 1. The average Bonchev–Trinajstić information content (AvgIpc) is 2.46. The SMILES string of the molecule is C=CCCC1CCC(C2CCC(NC)CC2)CC1. The summed E-state index contributed by atoms with van der Waals surface area (Å²) in [5.41, 5.74) is 0. The summed E-state index contributed by atoms with van der Waals surface area (Å²) < 4.78 is 0. The zero-order valence-electron chi connectivity index (χ0n) is 12.2. The monoisotopic (exact) mass is 249 g/mol. The van der Waals surface area contributed by atoms with E-state index in [1.54, 1.807) is 0 Å². The molecule has 1 N–H and O–H groups in total. The van der Waals surface area contributed by atoms with Crippen molar-refractivity contribution in [2.75, 3.05) is 7.05 Å². The van der Waals surface area contributed by atoms with E-state index >= 15 is 0 Å². The van der Waals surface area contributed by atoms with E-state index < -0.39 is 0 Å². The van der Waals surface area contributed by atoms with Gasteiger partial charge >= 0.3 is 0 Å². The topological polar surface area (TPSA) is 12.0 Å². The molecule has 0 bridgehead atoms. The summed E-state index contributed by atoms with van der Waals surface area (Å²) in [6.07, 6.45) is 16.5. The molecule has 2 aliphatic rings. The average molecular weight is 249 g/mol. The molecule has 2 aliphatic carbocycles. The lowest BCUT2D eigenvalue weighted by Crippen LogP contribution is -2.33. The third-order valence-electron chi connectivity index (χ3n) is 5.52. The van der Waals surface area contributed by atoms with Crippen molar-refractivity contribution < 1.29 is 0 Å². The highest BCUT2D eigenvalue weighted by molar-refractivity contribution is 4.84. The Morgan fingerprint density at radius 3 is 2.00 bits per heavy atom. The largest absolute Gasteiger partial charge is 0.317 e. The number of hydrogen-bond acceptors (Lipinski definition) is 1. The fourth-order valence-electron chi connectivity index (χ4n) is 4.18. The first-order valence-corrected chi connectivity index (χ1v) is 8.11. The minimum absolute atomic E-state index is 0.810. The second kappa shape index (κ2) is 7.33. The van der Waals surface area contributed by atoms with Crippen molar-refractivity contribution in [1.82, 2.24) is 5.32 Å². The lowest BCUT2D eigenvalue weighted by Gasteiger charge is -2.37. The summed E-state index contributed by atoms with van der Waals surface area (Å²) in [5, 5.41) is 3.45. The van der Waals surface area contributed by atoms with E-state index in [1.165, 1.54) is 64.2 Å². The number of nitrogens with one attached hydrogen (secondary N) is 1. The molecule has 0 aromatic rings. The van der Waals surface area contributed by atoms with E-state index in [1.807, 2.05) is 0 Å². The third-order valence-corrected chi connectivity index (χ3v) is 5.52. The summed E-state index contributed by atoms with van der Waals surface area (Å²) in [4.78, 5) is 0. The Hall–Kier alpha value is -0.300. The smallest absolute Gasteiger partial charge is 0.00642 e. The summed E-state index contributed by atoms with van der Waals surface area (Å²) >= 11 is 0. The first-order chi connectivity index (χ1) is 8.83. The molecule has 2 saturated carbocycles. The Morgan fingerprint density at radius 2 is 1.50 bits per heavy atom. The highest BCUT2D eigenvalue weighted by Gasteiger charge is 2.30. The maximum Gasteiger partial charge on any atom is 0.00642 e. The highest BCUT2D eigenvalue weighted by Crippen LogP contribution is 2.40. The Kier molecular flexibility index (Phi) is 5.75. The van der Waals surface area contributed by atoms with E-state index in [0.717, 1.165) is 23.8 Å². The lowest BCUT2D eigenvalue weighted by molar-refractivity contribution is 0.153. The minimum Gasteiger partial charge on any atom is -0.317 e. The van der Waals surface area contributed by atoms with E-state index in [0.29, 0.717) is 0 Å². The summed E-state index contributed by atoms with van der Waals surface area (Å²) in [6, 6.07) is 0.810. The Bertz CT molecular complexity index is 232. The number of rotatable bonds is 5. The van der Waals surface area contributed by atoms with Crippen molar-refractivity contribution in [2.24, 2.45) is 17.8 Å². The second-order valence-electron chi connectivity index (χ2n) is 6.55. The Labute approximate surface area is 113 Å². The zero-order valence-corrected chi connectivity index (χ0v) is 12.2. The van der Waals surface area contributed by atoms with Crippen LogP contribution in [0.3, 0.4) is 0 Å². The second-order valence-corrected chi connectivity index (χ2v) is 6.55. The van der Waals surface area contributed by atoms with Crippen molar-refractivity contribution >= 4 is 0 Å². The molecule has 1 heteroatoms. The van der Waals surface area contributed by atoms with Gasteiger partial charge in [-0.1, -0.05) is 18.9 Å². The van der Waals surface area contributed by atoms with Gasteiger partial charge in [0.25, 0.3) is 0 Å². The predicted octanol–water partition coefficient (Wildman–Crippen LogP) is 4.54. The Balaban J connectivity index is 1.68. The van der Waals surface area contributed by atoms with E-state index in [-0.39, 0.29) is 0 Å². The fourth-order valence-corrected chi connectivity index (χ4v) is 4.18. The van der Waals surface area contributed by atoms with Gasteiger partial charge in [-0.05, 0) is 76.2 Å². The minimum atomic E-state index is 0.810. The molecular formula is C17H31N. The van der Waals surface area contributed by atoms with Crippen LogP contribution in [-0.4, -0.2) is 13.1 Å². The maximum absolute atomic E-state index is 3.84. The summed E-state index contributed by atoms with van der Waals surface area (Å²) in [5.74, 6) is 3.12. The van der Waals surface area contributed by atoms with Crippen LogP contribution < -0.4 is 5.32 Å². The van der Waals surface area contributed by atoms with Gasteiger partial charge in [-0.15, -0.1) is 6.58 Å². The first-order valence-electron chi connectivity index (χ1n) is 8.11. The molecule has 18 heavy (non-hydrogen) atoms. The molecule has 2 fully saturated rings. The van der Waals surface area contributed by atoms with Crippen LogP contribution in [0.2, 0.25) is 0 Å². The first kappa shape index (κ1) is 14.1. The quantitative estimate of drug-likeness (QED) is 0.706. The van der Waals surface area contributed by atoms with E-state index in [2.05, 4.69) is 25.0 Å². The fraction of sp³-hybridized carbons (Fsp3) is 0.882. The summed E-state index contributed by atoms with van der Waals surface area (Å²) in [7, 11) is 2.12. The molecular weight excluding hydrogens is 218 g/mol. The highest BCUT2D eigenvalue weighted by atomic mass is 14.9. The van der Waals surface area contributed by atoms with Crippen LogP contribution >= 0.6 is 0 Å². The van der Waals surface area contributed by atoms with Crippen LogP contribution in [-0.2, 0) is 0 Å². The molecule has 1 nitrogen and oxygen atoms in total. The van der Waals surface area contributed by atoms with E-state index in [9.17, 15) is 0 Å². The van der Waals surface area contributed by atoms with Crippen LogP contribution in [0.5, 0.6) is 0 Å². The predicted molar refractivity (Wildman–Crippen MR) is 79.7 cm³/mol. The van der Waals surface area contributed by atoms with Crippen LogP contribution in [0, 0.1) is 17.8 Å². The molecule has 0 heterocycles. The summed E-state index contributed by atoms with van der Waals surface area (Å²) in [6.45, 7) is 3.84. The van der Waals surface area contributed by atoms with Gasteiger partial charge in [-0.2, -0.15) is 0 Å². The maximum atomic E-state index is 3.84. The van der Waals surface area contributed by atoms with Crippen LogP contribution in [0.4, 0.5) is 0 Å². The van der Waals surface area contributed by atoms with Crippen molar-refractivity contribution in [3.05, 3.63) is 12.7 Å². The van der Waals surface area contributed by atoms with Gasteiger partial charge in [-0.25, -0.2) is 0 Å². The van der Waals surface area contributed by atoms with Crippen molar-refractivity contribution in [3.63, 3.8) is 0 Å². The van der Waals surface area contributed by atoms with Gasteiger partial charge in [0.15, 0.2) is 0 Å². The molecule has 0 aliphatic heterocycles. The molecule has 0 saturated heterocycles. The normalized spacial score (nSPS) is 37.4.